The van der Waals surface area contributed by atoms with Gasteiger partial charge in [0.2, 0.25) is 5.78 Å². The molecule has 1 N–H and O–H groups in total. The first-order chi connectivity index (χ1) is 15.3. The normalized spacial score (nSPS) is 17.7. The number of benzene rings is 2. The molecule has 170 valence electrons. The van der Waals surface area contributed by atoms with E-state index < -0.39 is 23.5 Å². The largest absolute Gasteiger partial charge is 0.872 e. The predicted molar refractivity (Wildman–Crippen MR) is 117 cm³/mol. The summed E-state index contributed by atoms with van der Waals surface area (Å²) in [5.41, 5.74) is 0.728. The van der Waals surface area contributed by atoms with E-state index in [1.54, 1.807) is 42.5 Å². The minimum absolute atomic E-state index is 0.0968. The maximum atomic E-state index is 13.5. The lowest BCUT2D eigenvalue weighted by molar-refractivity contribution is -0.857. The van der Waals surface area contributed by atoms with Crippen LogP contribution < -0.4 is 24.2 Å². The van der Waals surface area contributed by atoms with E-state index in [2.05, 4.69) is 0 Å². The van der Waals surface area contributed by atoms with Gasteiger partial charge in [0.15, 0.2) is 11.5 Å². The van der Waals surface area contributed by atoms with Gasteiger partial charge >= 0.3 is 0 Å². The summed E-state index contributed by atoms with van der Waals surface area (Å²) in [5, 5.41) is 13.5. The molecular formula is C24H28N2O6. The van der Waals surface area contributed by atoms with Gasteiger partial charge in [-0.3, -0.25) is 9.59 Å². The Hall–Kier alpha value is -3.52. The monoisotopic (exact) mass is 440 g/mol. The van der Waals surface area contributed by atoms with Crippen LogP contribution in [0.5, 0.6) is 17.2 Å². The third kappa shape index (κ3) is 4.27. The zero-order chi connectivity index (χ0) is 23.4. The van der Waals surface area contributed by atoms with E-state index in [-0.39, 0.29) is 5.57 Å². The highest BCUT2D eigenvalue weighted by atomic mass is 16.5. The number of methoxy groups -OCH3 is 3. The molecular weight excluding hydrogens is 412 g/mol. The summed E-state index contributed by atoms with van der Waals surface area (Å²) in [6.45, 7) is 0.906. The molecule has 8 nitrogen and oxygen atoms in total. The number of para-hydroxylation sites is 1. The molecule has 1 heterocycles. The average molecular weight is 440 g/mol. The number of Topliss-reactive ketones (excluding diaryl/α,β-unsaturated/α-hetero) is 1. The fraction of sp³-hybridized carbons (Fsp3) is 0.333. The van der Waals surface area contributed by atoms with Crippen molar-refractivity contribution in [3.63, 3.8) is 0 Å². The maximum absolute atomic E-state index is 13.5. The molecule has 1 aliphatic rings. The molecule has 2 aromatic rings. The van der Waals surface area contributed by atoms with E-state index in [1.807, 2.05) is 14.1 Å². The number of hydrogen-bond donors (Lipinski definition) is 1. The number of quaternary nitrogens is 1. The number of ketones is 1. The molecule has 1 fully saturated rings. The van der Waals surface area contributed by atoms with Gasteiger partial charge in [-0.05, 0) is 23.8 Å². The Morgan fingerprint density at radius 2 is 1.69 bits per heavy atom. The Kier molecular flexibility index (Phi) is 7.05. The van der Waals surface area contributed by atoms with E-state index >= 15 is 0 Å². The Morgan fingerprint density at radius 3 is 2.25 bits per heavy atom. The molecule has 32 heavy (non-hydrogen) atoms. The van der Waals surface area contributed by atoms with Crippen LogP contribution in [0, 0.1) is 0 Å². The van der Waals surface area contributed by atoms with Crippen molar-refractivity contribution >= 4 is 17.4 Å². The highest BCUT2D eigenvalue weighted by molar-refractivity contribution is 6.46. The van der Waals surface area contributed by atoms with Gasteiger partial charge in [-0.1, -0.05) is 30.0 Å². The third-order valence-electron chi connectivity index (χ3n) is 5.46. The van der Waals surface area contributed by atoms with Crippen molar-refractivity contribution in [2.45, 2.75) is 6.04 Å². The van der Waals surface area contributed by atoms with E-state index in [0.29, 0.717) is 41.5 Å². The number of likely N-dealkylation sites (tertiary alicyclic amines) is 1. The van der Waals surface area contributed by atoms with Gasteiger partial charge in [-0.15, -0.1) is 0 Å². The Morgan fingerprint density at radius 1 is 1.00 bits per heavy atom. The standard InChI is InChI=1S/C24H28N2O6/c1-25(2)13-14-26-20(17-7-6-8-18(31-4)23(17)32-5)19(22(28)24(26)29)21(27)15-9-11-16(30-3)12-10-15/h6-12,20,27H,13-14H2,1-5H3. The van der Waals surface area contributed by atoms with Gasteiger partial charge in [-0.25, -0.2) is 0 Å². The summed E-state index contributed by atoms with van der Waals surface area (Å²) in [7, 11) is 8.43. The second-order valence-corrected chi connectivity index (χ2v) is 7.74. The molecule has 0 radical (unpaired) electrons. The van der Waals surface area contributed by atoms with Crippen molar-refractivity contribution < 1.29 is 33.8 Å². The van der Waals surface area contributed by atoms with Gasteiger partial charge in [0.25, 0.3) is 5.91 Å². The number of rotatable bonds is 8. The van der Waals surface area contributed by atoms with E-state index in [0.717, 1.165) is 4.90 Å². The van der Waals surface area contributed by atoms with E-state index in [9.17, 15) is 14.7 Å². The predicted octanol–water partition coefficient (Wildman–Crippen LogP) is 0.0809. The molecule has 1 amide bonds. The number of nitrogens with zero attached hydrogens (tertiary/aromatic N) is 1. The van der Waals surface area contributed by atoms with Crippen molar-refractivity contribution in [1.82, 2.24) is 4.90 Å². The molecule has 0 aromatic heterocycles. The van der Waals surface area contributed by atoms with Crippen LogP contribution in [0.3, 0.4) is 0 Å². The van der Waals surface area contributed by atoms with Gasteiger partial charge in [-0.2, -0.15) is 0 Å². The summed E-state index contributed by atoms with van der Waals surface area (Å²) in [6, 6.07) is 10.8. The van der Waals surface area contributed by atoms with Crippen LogP contribution >= 0.6 is 0 Å². The first-order valence-electron chi connectivity index (χ1n) is 10.2. The molecule has 0 bridgehead atoms. The van der Waals surface area contributed by atoms with Crippen LogP contribution in [-0.2, 0) is 9.59 Å². The highest BCUT2D eigenvalue weighted by Crippen LogP contribution is 2.44. The molecule has 2 aromatic carbocycles. The fourth-order valence-corrected chi connectivity index (χ4v) is 3.79. The zero-order valence-corrected chi connectivity index (χ0v) is 18.9. The number of amides is 1. The molecule has 1 aliphatic heterocycles. The fourth-order valence-electron chi connectivity index (χ4n) is 3.79. The first kappa shape index (κ1) is 23.1. The number of likely N-dealkylation sites (N-methyl/N-ethyl adjacent to an activating group) is 1. The van der Waals surface area contributed by atoms with Crippen molar-refractivity contribution in [1.29, 1.82) is 0 Å². The minimum Gasteiger partial charge on any atom is -0.872 e. The van der Waals surface area contributed by atoms with Crippen LogP contribution in [0.25, 0.3) is 5.76 Å². The number of carbonyl (C=O) groups is 2. The van der Waals surface area contributed by atoms with Crippen molar-refractivity contribution in [3.8, 4) is 17.2 Å². The molecule has 0 spiro atoms. The first-order valence-corrected chi connectivity index (χ1v) is 10.2. The quantitative estimate of drug-likeness (QED) is 0.355. The van der Waals surface area contributed by atoms with Gasteiger partial charge < -0.3 is 29.1 Å². The summed E-state index contributed by atoms with van der Waals surface area (Å²) in [4.78, 5) is 28.6. The molecule has 3 rings (SSSR count). The lowest BCUT2D eigenvalue weighted by atomic mass is 9.94. The van der Waals surface area contributed by atoms with Crippen molar-refractivity contribution in [2.24, 2.45) is 0 Å². The van der Waals surface area contributed by atoms with Gasteiger partial charge in [0.1, 0.15) is 5.75 Å². The van der Waals surface area contributed by atoms with E-state index in [1.165, 1.54) is 26.2 Å². The minimum atomic E-state index is -0.881. The number of nitrogens with one attached hydrogen (secondary N) is 1. The lowest BCUT2D eigenvalue weighted by Crippen LogP contribution is -3.06. The maximum Gasteiger partial charge on any atom is 0.295 e. The molecule has 1 unspecified atom stereocenters. The number of carbonyl (C=O) groups excluding carboxylic acids is 2. The van der Waals surface area contributed by atoms with Gasteiger partial charge in [0.05, 0.1) is 54.6 Å². The van der Waals surface area contributed by atoms with E-state index in [4.69, 9.17) is 14.2 Å². The van der Waals surface area contributed by atoms with Crippen LogP contribution in [0.15, 0.2) is 48.0 Å². The smallest absolute Gasteiger partial charge is 0.295 e. The Balaban J connectivity index is 2.22. The molecule has 0 saturated carbocycles. The summed E-state index contributed by atoms with van der Waals surface area (Å²) in [6.07, 6.45) is 0. The lowest BCUT2D eigenvalue weighted by Gasteiger charge is -2.29. The summed E-state index contributed by atoms with van der Waals surface area (Å²) < 4.78 is 16.1. The zero-order valence-electron chi connectivity index (χ0n) is 18.9. The second kappa shape index (κ2) is 9.74. The van der Waals surface area contributed by atoms with Crippen LogP contribution in [-0.4, -0.2) is 65.1 Å². The van der Waals surface area contributed by atoms with Crippen molar-refractivity contribution in [2.75, 3.05) is 48.5 Å². The Bertz CT molecular complexity index is 1030. The van der Waals surface area contributed by atoms with Crippen molar-refractivity contribution in [3.05, 3.63) is 59.2 Å². The number of hydrogen-bond acceptors (Lipinski definition) is 6. The van der Waals surface area contributed by atoms with Crippen LogP contribution in [0.2, 0.25) is 0 Å². The van der Waals surface area contributed by atoms with Crippen LogP contribution in [0.4, 0.5) is 0 Å². The highest BCUT2D eigenvalue weighted by Gasteiger charge is 2.45. The summed E-state index contributed by atoms with van der Waals surface area (Å²) >= 11 is 0. The van der Waals surface area contributed by atoms with Gasteiger partial charge in [0, 0.05) is 11.1 Å². The molecule has 1 atom stereocenters. The molecule has 0 aliphatic carbocycles. The third-order valence-corrected chi connectivity index (χ3v) is 5.46. The average Bonchev–Trinajstić information content (AvgIpc) is 3.06. The Labute approximate surface area is 187 Å². The second-order valence-electron chi connectivity index (χ2n) is 7.74. The SMILES string of the molecule is COc1ccc(C([O-])=C2C(=O)C(=O)N(CC[NH+](C)C)C2c2cccc(OC)c2OC)cc1. The van der Waals surface area contributed by atoms with Crippen LogP contribution in [0.1, 0.15) is 17.2 Å². The number of ether oxygens (including phenoxy) is 3. The molecule has 8 heteroatoms. The topological polar surface area (TPSA) is 92.6 Å². The summed E-state index contributed by atoms with van der Waals surface area (Å²) in [5.74, 6) is -0.578. The molecule has 1 saturated heterocycles.